The molecule has 0 bridgehead atoms. The van der Waals surface area contributed by atoms with Gasteiger partial charge in [-0.1, -0.05) is 0 Å². The van der Waals surface area contributed by atoms with E-state index in [1.54, 1.807) is 0 Å². The molecule has 0 fully saturated rings. The van der Waals surface area contributed by atoms with E-state index in [2.05, 4.69) is 9.05 Å². The van der Waals surface area contributed by atoms with E-state index in [0.29, 0.717) is 0 Å². The first-order chi connectivity index (χ1) is 2.81. The molecule has 0 aliphatic carbocycles. The van der Waals surface area contributed by atoms with Gasteiger partial charge in [0.1, 0.15) is 0 Å². The maximum atomic E-state index is 9.92. The molecule has 40 valence electrons. The summed E-state index contributed by atoms with van der Waals surface area (Å²) in [5, 5.41) is 0. The van der Waals surface area contributed by atoms with Crippen molar-refractivity contribution in [2.75, 3.05) is 14.2 Å². The zero-order valence-corrected chi connectivity index (χ0v) is 8.40. The van der Waals surface area contributed by atoms with Crippen LogP contribution in [0.4, 0.5) is 0 Å². The minimum absolute atomic E-state index is 0. The Labute approximate surface area is 56.1 Å². The average molecular weight is 175 g/mol. The fourth-order valence-electron chi connectivity index (χ4n) is 0.0833. The second-order valence-electron chi connectivity index (χ2n) is 0.658. The molecule has 0 aromatic carbocycles. The van der Waals surface area contributed by atoms with Gasteiger partial charge in [-0.2, -0.15) is 0 Å². The summed E-state index contributed by atoms with van der Waals surface area (Å²) in [5.41, 5.74) is 0. The topological polar surface area (TPSA) is 35.5 Å². The standard InChI is InChI=1S/C2H7O3P.Zn/c1-4-6(3)5-2;/h6H,1-2H3;. The van der Waals surface area contributed by atoms with Crippen molar-refractivity contribution in [3.63, 3.8) is 0 Å². The molecule has 0 rings (SSSR count). The van der Waals surface area contributed by atoms with E-state index in [-0.39, 0.29) is 19.5 Å². The maximum Gasteiger partial charge on any atom is 0.318 e. The van der Waals surface area contributed by atoms with E-state index >= 15 is 0 Å². The summed E-state index contributed by atoms with van der Waals surface area (Å²) in [6.07, 6.45) is 0. The molecule has 0 unspecified atom stereocenters. The van der Waals surface area contributed by atoms with Crippen LogP contribution in [-0.2, 0) is 33.1 Å². The molecule has 0 spiro atoms. The zero-order chi connectivity index (χ0) is 4.99. The van der Waals surface area contributed by atoms with Gasteiger partial charge in [-0.15, -0.1) is 0 Å². The van der Waals surface area contributed by atoms with Crippen molar-refractivity contribution in [3.05, 3.63) is 0 Å². The smallest absolute Gasteiger partial charge is 0.314 e. The van der Waals surface area contributed by atoms with Gasteiger partial charge in [-0.05, 0) is 0 Å². The van der Waals surface area contributed by atoms with Crippen molar-refractivity contribution < 1.29 is 33.1 Å². The predicted octanol–water partition coefficient (Wildman–Crippen LogP) is 0.666. The van der Waals surface area contributed by atoms with Crippen LogP contribution in [0.5, 0.6) is 0 Å². The molecule has 0 aromatic heterocycles. The summed E-state index contributed by atoms with van der Waals surface area (Å²) in [5.74, 6) is 0. The van der Waals surface area contributed by atoms with Crippen molar-refractivity contribution in [1.82, 2.24) is 0 Å². The Morgan fingerprint density at radius 1 is 1.29 bits per heavy atom. The number of rotatable bonds is 2. The van der Waals surface area contributed by atoms with Crippen LogP contribution in [0.1, 0.15) is 0 Å². The number of hydrogen-bond donors (Lipinski definition) is 0. The second kappa shape index (κ2) is 6.77. The molecule has 0 N–H and O–H groups in total. The Balaban J connectivity index is 0. The van der Waals surface area contributed by atoms with Crippen LogP contribution in [0.2, 0.25) is 0 Å². The van der Waals surface area contributed by atoms with Gasteiger partial charge in [-0.25, -0.2) is 0 Å². The first-order valence-electron chi connectivity index (χ1n) is 1.43. The molecule has 0 aliphatic heterocycles. The first-order valence-corrected chi connectivity index (χ1v) is 2.65. The molecule has 0 saturated heterocycles. The van der Waals surface area contributed by atoms with Crippen LogP contribution < -0.4 is 0 Å². The molecule has 0 radical (unpaired) electrons. The maximum absolute atomic E-state index is 9.92. The Hall–Kier alpha value is 0.773. The largest absolute Gasteiger partial charge is 0.318 e. The van der Waals surface area contributed by atoms with Crippen molar-refractivity contribution >= 4 is 8.25 Å². The van der Waals surface area contributed by atoms with Crippen molar-refractivity contribution in [1.29, 1.82) is 0 Å². The fraction of sp³-hybridized carbons (Fsp3) is 1.00. The van der Waals surface area contributed by atoms with Gasteiger partial charge in [0.25, 0.3) is 0 Å². The van der Waals surface area contributed by atoms with Crippen molar-refractivity contribution in [2.45, 2.75) is 0 Å². The van der Waals surface area contributed by atoms with Crippen LogP contribution >= 0.6 is 8.25 Å². The van der Waals surface area contributed by atoms with E-state index < -0.39 is 8.25 Å². The van der Waals surface area contributed by atoms with Crippen molar-refractivity contribution in [2.24, 2.45) is 0 Å². The van der Waals surface area contributed by atoms with E-state index in [1.807, 2.05) is 0 Å². The fourth-order valence-corrected chi connectivity index (χ4v) is 0.250. The van der Waals surface area contributed by atoms with E-state index in [4.69, 9.17) is 0 Å². The Bertz CT molecular complexity index is 50.9. The molecule has 0 amide bonds. The summed E-state index contributed by atoms with van der Waals surface area (Å²) >= 11 is 0. The molecule has 7 heavy (non-hydrogen) atoms. The van der Waals surface area contributed by atoms with Gasteiger partial charge in [0, 0.05) is 33.7 Å². The first kappa shape index (κ1) is 10.7. The normalized spacial score (nSPS) is 8.43. The summed E-state index contributed by atoms with van der Waals surface area (Å²) in [7, 11) is 0.558. The van der Waals surface area contributed by atoms with Crippen LogP contribution in [0.25, 0.3) is 0 Å². The van der Waals surface area contributed by atoms with Gasteiger partial charge in [0.15, 0.2) is 0 Å². The van der Waals surface area contributed by atoms with Gasteiger partial charge in [0.2, 0.25) is 0 Å². The minimum Gasteiger partial charge on any atom is -0.314 e. The van der Waals surface area contributed by atoms with E-state index in [0.717, 1.165) is 0 Å². The van der Waals surface area contributed by atoms with Crippen LogP contribution in [-0.4, -0.2) is 14.2 Å². The summed E-state index contributed by atoms with van der Waals surface area (Å²) in [6.45, 7) is 0. The number of hydrogen-bond acceptors (Lipinski definition) is 3. The Kier molecular flexibility index (Phi) is 10.4. The van der Waals surface area contributed by atoms with Gasteiger partial charge in [-0.3, -0.25) is 4.57 Å². The molecule has 0 atom stereocenters. The third-order valence-corrected chi connectivity index (χ3v) is 1.00. The Morgan fingerprint density at radius 3 is 1.57 bits per heavy atom. The monoisotopic (exact) mass is 174 g/mol. The molecular formula is C2H7O3PZn. The molecule has 0 aliphatic rings. The molecule has 3 nitrogen and oxygen atoms in total. The zero-order valence-electron chi connectivity index (χ0n) is 4.43. The molecule has 0 saturated carbocycles. The quantitative estimate of drug-likeness (QED) is 0.457. The third kappa shape index (κ3) is 6.77. The second-order valence-corrected chi connectivity index (χ2v) is 1.97. The SMILES string of the molecule is CO[PH](=O)OC.[Zn]. The molecular weight excluding hydrogens is 168 g/mol. The van der Waals surface area contributed by atoms with E-state index in [1.165, 1.54) is 14.2 Å². The molecule has 0 heterocycles. The Morgan fingerprint density at radius 2 is 1.57 bits per heavy atom. The average Bonchev–Trinajstić information content (AvgIpc) is 1.65. The molecule has 5 heteroatoms. The molecule has 0 aromatic rings. The van der Waals surface area contributed by atoms with Gasteiger partial charge < -0.3 is 9.05 Å². The van der Waals surface area contributed by atoms with Crippen molar-refractivity contribution in [3.8, 4) is 0 Å². The van der Waals surface area contributed by atoms with Crippen LogP contribution in [0, 0.1) is 0 Å². The van der Waals surface area contributed by atoms with Gasteiger partial charge >= 0.3 is 8.25 Å². The third-order valence-electron chi connectivity index (χ3n) is 0.333. The van der Waals surface area contributed by atoms with Crippen LogP contribution in [0.15, 0.2) is 0 Å². The van der Waals surface area contributed by atoms with E-state index in [9.17, 15) is 4.57 Å². The van der Waals surface area contributed by atoms with Crippen LogP contribution in [0.3, 0.4) is 0 Å². The van der Waals surface area contributed by atoms with Gasteiger partial charge in [0.05, 0.1) is 0 Å². The minimum atomic E-state index is -2.12. The summed E-state index contributed by atoms with van der Waals surface area (Å²) < 4.78 is 18.4. The summed E-state index contributed by atoms with van der Waals surface area (Å²) in [6, 6.07) is 0. The summed E-state index contributed by atoms with van der Waals surface area (Å²) in [4.78, 5) is 0. The predicted molar refractivity (Wildman–Crippen MR) is 23.0 cm³/mol.